The van der Waals surface area contributed by atoms with E-state index in [1.807, 2.05) is 20.8 Å². The van der Waals surface area contributed by atoms with Gasteiger partial charge in [0.25, 0.3) is 5.91 Å². The van der Waals surface area contributed by atoms with E-state index in [4.69, 9.17) is 0 Å². The first kappa shape index (κ1) is 15.7. The fourth-order valence-corrected chi connectivity index (χ4v) is 3.72. The highest BCUT2D eigenvalue weighted by Gasteiger charge is 2.28. The van der Waals surface area contributed by atoms with Crippen molar-refractivity contribution in [2.75, 3.05) is 16.8 Å². The molecule has 1 atom stereocenters. The van der Waals surface area contributed by atoms with Crippen molar-refractivity contribution in [1.29, 1.82) is 0 Å². The van der Waals surface area contributed by atoms with E-state index in [1.54, 1.807) is 0 Å². The summed E-state index contributed by atoms with van der Waals surface area (Å²) in [5.74, 6) is 0.245. The van der Waals surface area contributed by atoms with Crippen LogP contribution in [-0.2, 0) is 9.84 Å². The van der Waals surface area contributed by atoms with E-state index < -0.39 is 9.84 Å². The number of anilines is 1. The van der Waals surface area contributed by atoms with Crippen molar-refractivity contribution in [3.8, 4) is 0 Å². The fourth-order valence-electron chi connectivity index (χ4n) is 2.05. The van der Waals surface area contributed by atoms with Crippen molar-refractivity contribution in [1.82, 2.24) is 15.3 Å². The molecule has 0 spiro atoms. The smallest absolute Gasteiger partial charge is 0.270 e. The molecule has 116 valence electrons. The number of aromatic nitrogens is 2. The van der Waals surface area contributed by atoms with Crippen LogP contribution in [0.1, 0.15) is 37.7 Å². The van der Waals surface area contributed by atoms with Gasteiger partial charge in [-0.25, -0.2) is 18.4 Å². The van der Waals surface area contributed by atoms with Crippen molar-refractivity contribution in [3.05, 3.63) is 18.0 Å². The van der Waals surface area contributed by atoms with Crippen molar-refractivity contribution in [3.63, 3.8) is 0 Å². The van der Waals surface area contributed by atoms with E-state index in [0.717, 1.165) is 0 Å². The molecule has 0 aromatic carbocycles. The van der Waals surface area contributed by atoms with Gasteiger partial charge in [0.2, 0.25) is 5.95 Å². The lowest BCUT2D eigenvalue weighted by Crippen LogP contribution is -2.41. The molecule has 21 heavy (non-hydrogen) atoms. The van der Waals surface area contributed by atoms with E-state index in [1.165, 1.54) is 12.3 Å². The first-order valence-electron chi connectivity index (χ1n) is 6.77. The SMILES string of the molecule is CC(C)(C)NC(=O)c1ccnc(NC2CCS(=O)(=O)C2)n1. The lowest BCUT2D eigenvalue weighted by molar-refractivity contribution is 0.0914. The number of sulfone groups is 1. The number of hydrogen-bond acceptors (Lipinski definition) is 6. The van der Waals surface area contributed by atoms with Crippen molar-refractivity contribution < 1.29 is 13.2 Å². The van der Waals surface area contributed by atoms with E-state index in [0.29, 0.717) is 6.42 Å². The average Bonchev–Trinajstić information content (AvgIpc) is 2.67. The summed E-state index contributed by atoms with van der Waals surface area (Å²) >= 11 is 0. The van der Waals surface area contributed by atoms with Crippen LogP contribution < -0.4 is 10.6 Å². The largest absolute Gasteiger partial charge is 0.350 e. The molecule has 1 saturated heterocycles. The van der Waals surface area contributed by atoms with Crippen molar-refractivity contribution in [2.45, 2.75) is 38.8 Å². The van der Waals surface area contributed by atoms with Gasteiger partial charge in [-0.15, -0.1) is 0 Å². The highest BCUT2D eigenvalue weighted by atomic mass is 32.2. The van der Waals surface area contributed by atoms with Gasteiger partial charge in [-0.05, 0) is 33.3 Å². The van der Waals surface area contributed by atoms with E-state index in [9.17, 15) is 13.2 Å². The maximum absolute atomic E-state index is 12.0. The predicted molar refractivity (Wildman–Crippen MR) is 79.9 cm³/mol. The second-order valence-corrected chi connectivity index (χ2v) is 8.44. The summed E-state index contributed by atoms with van der Waals surface area (Å²) in [6.07, 6.45) is 2.01. The highest BCUT2D eigenvalue weighted by molar-refractivity contribution is 7.91. The summed E-state index contributed by atoms with van der Waals surface area (Å²) < 4.78 is 22.8. The number of hydrogen-bond donors (Lipinski definition) is 2. The van der Waals surface area contributed by atoms with Gasteiger partial charge >= 0.3 is 0 Å². The van der Waals surface area contributed by atoms with Gasteiger partial charge < -0.3 is 10.6 Å². The van der Waals surface area contributed by atoms with Crippen LogP contribution in [0, 0.1) is 0 Å². The van der Waals surface area contributed by atoms with Crippen molar-refractivity contribution in [2.24, 2.45) is 0 Å². The molecule has 1 unspecified atom stereocenters. The van der Waals surface area contributed by atoms with Crippen LogP contribution >= 0.6 is 0 Å². The molecule has 0 aliphatic carbocycles. The Morgan fingerprint density at radius 1 is 1.38 bits per heavy atom. The molecule has 2 heterocycles. The predicted octanol–water partition coefficient (Wildman–Crippen LogP) is 0.604. The molecule has 2 N–H and O–H groups in total. The lowest BCUT2D eigenvalue weighted by atomic mass is 10.1. The quantitative estimate of drug-likeness (QED) is 0.848. The Labute approximate surface area is 124 Å². The van der Waals surface area contributed by atoms with Gasteiger partial charge in [-0.2, -0.15) is 0 Å². The number of amides is 1. The topological polar surface area (TPSA) is 101 Å². The van der Waals surface area contributed by atoms with Crippen LogP contribution in [0.4, 0.5) is 5.95 Å². The maximum atomic E-state index is 12.0. The molecule has 0 saturated carbocycles. The third kappa shape index (κ3) is 4.66. The summed E-state index contributed by atoms with van der Waals surface area (Å²) in [6, 6.07) is 1.33. The molecule has 8 heteroatoms. The molecule has 1 aromatic rings. The summed E-state index contributed by atoms with van der Waals surface area (Å²) in [5, 5.41) is 5.79. The number of rotatable bonds is 3. The molecule has 1 fully saturated rings. The molecule has 1 aliphatic heterocycles. The zero-order valence-corrected chi connectivity index (χ0v) is 13.2. The Hall–Kier alpha value is -1.70. The fraction of sp³-hybridized carbons (Fsp3) is 0.615. The summed E-state index contributed by atoms with van der Waals surface area (Å²) in [4.78, 5) is 20.2. The average molecular weight is 312 g/mol. The second-order valence-electron chi connectivity index (χ2n) is 6.21. The van der Waals surface area contributed by atoms with Gasteiger partial charge in [0.1, 0.15) is 5.69 Å². The van der Waals surface area contributed by atoms with Gasteiger partial charge in [0.05, 0.1) is 11.5 Å². The van der Waals surface area contributed by atoms with Crippen LogP contribution in [-0.4, -0.2) is 47.4 Å². The normalized spacial score (nSPS) is 21.0. The van der Waals surface area contributed by atoms with E-state index >= 15 is 0 Å². The van der Waals surface area contributed by atoms with Crippen LogP contribution in [0.2, 0.25) is 0 Å². The Morgan fingerprint density at radius 3 is 2.67 bits per heavy atom. The summed E-state index contributed by atoms with van der Waals surface area (Å²) in [5.41, 5.74) is -0.0990. The molecule has 7 nitrogen and oxygen atoms in total. The third-order valence-electron chi connectivity index (χ3n) is 2.94. The van der Waals surface area contributed by atoms with Gasteiger partial charge in [-0.1, -0.05) is 0 Å². The maximum Gasteiger partial charge on any atom is 0.270 e. The van der Waals surface area contributed by atoms with Crippen LogP contribution in [0.3, 0.4) is 0 Å². The second kappa shape index (κ2) is 5.59. The van der Waals surface area contributed by atoms with Crippen molar-refractivity contribution >= 4 is 21.7 Å². The van der Waals surface area contributed by atoms with Gasteiger partial charge in [0.15, 0.2) is 9.84 Å². The van der Waals surface area contributed by atoms with E-state index in [2.05, 4.69) is 20.6 Å². The molecule has 0 bridgehead atoms. The molecular formula is C13H20N4O3S. The van der Waals surface area contributed by atoms with Crippen LogP contribution in [0.15, 0.2) is 12.3 Å². The number of nitrogens with zero attached hydrogens (tertiary/aromatic N) is 2. The summed E-state index contributed by atoms with van der Waals surface area (Å²) in [6.45, 7) is 5.65. The molecular weight excluding hydrogens is 292 g/mol. The third-order valence-corrected chi connectivity index (χ3v) is 4.71. The minimum atomic E-state index is -2.96. The van der Waals surface area contributed by atoms with Crippen LogP contribution in [0.25, 0.3) is 0 Å². The minimum Gasteiger partial charge on any atom is -0.350 e. The number of carbonyl (C=O) groups excluding carboxylic acids is 1. The van der Waals surface area contributed by atoms with Crippen LogP contribution in [0.5, 0.6) is 0 Å². The Balaban J connectivity index is 2.06. The molecule has 0 radical (unpaired) electrons. The first-order valence-corrected chi connectivity index (χ1v) is 8.59. The molecule has 1 amide bonds. The Kier molecular flexibility index (Phi) is 4.18. The molecule has 2 rings (SSSR count). The first-order chi connectivity index (χ1) is 9.65. The Bertz CT molecular complexity index is 637. The van der Waals surface area contributed by atoms with E-state index in [-0.39, 0.29) is 40.6 Å². The monoisotopic (exact) mass is 312 g/mol. The minimum absolute atomic E-state index is 0.0781. The molecule has 1 aliphatic rings. The number of carbonyl (C=O) groups is 1. The summed E-state index contributed by atoms with van der Waals surface area (Å²) in [7, 11) is -2.96. The van der Waals surface area contributed by atoms with Gasteiger partial charge in [-0.3, -0.25) is 4.79 Å². The zero-order chi connectivity index (χ0) is 15.7. The standard InChI is InChI=1S/C13H20N4O3S/c1-13(2,3)17-11(18)10-4-6-14-12(16-10)15-9-5-7-21(19,20)8-9/h4,6,9H,5,7-8H2,1-3H3,(H,17,18)(H,14,15,16). The van der Waals surface area contributed by atoms with Gasteiger partial charge in [0, 0.05) is 17.8 Å². The Morgan fingerprint density at radius 2 is 2.10 bits per heavy atom. The molecule has 1 aromatic heterocycles. The highest BCUT2D eigenvalue weighted by Crippen LogP contribution is 2.15. The number of nitrogens with one attached hydrogen (secondary N) is 2. The zero-order valence-electron chi connectivity index (χ0n) is 12.4. The lowest BCUT2D eigenvalue weighted by Gasteiger charge is -2.20.